The number of hydrogen-bond acceptors (Lipinski definition) is 3. The molecule has 0 amide bonds. The fourth-order valence-electron chi connectivity index (χ4n) is 1.03. The minimum absolute atomic E-state index is 0.236. The summed E-state index contributed by atoms with van der Waals surface area (Å²) in [5.41, 5.74) is 0.950. The van der Waals surface area contributed by atoms with Gasteiger partial charge in [-0.3, -0.25) is 4.79 Å². The molecule has 0 aromatic rings. The standard InChI is InChI=1S/C12H18O3/c1-5-15-12(14)11(6-9(2)3)7-10(4)8-13/h6-9H,5H2,1-4H3/b10-7+,11-6-. The Labute approximate surface area is 90.8 Å². The lowest BCUT2D eigenvalue weighted by Crippen LogP contribution is -2.07. The number of rotatable bonds is 5. The Morgan fingerprint density at radius 3 is 2.40 bits per heavy atom. The maximum absolute atomic E-state index is 11.5. The van der Waals surface area contributed by atoms with E-state index < -0.39 is 0 Å². The summed E-state index contributed by atoms with van der Waals surface area (Å²) in [6.07, 6.45) is 4.05. The van der Waals surface area contributed by atoms with Crippen LogP contribution < -0.4 is 0 Å². The van der Waals surface area contributed by atoms with Crippen molar-refractivity contribution in [3.8, 4) is 0 Å². The number of aldehydes is 1. The van der Waals surface area contributed by atoms with Crippen molar-refractivity contribution < 1.29 is 14.3 Å². The molecule has 0 bridgehead atoms. The van der Waals surface area contributed by atoms with E-state index in [9.17, 15) is 9.59 Å². The van der Waals surface area contributed by atoms with Crippen LogP contribution in [0.5, 0.6) is 0 Å². The number of hydrogen-bond donors (Lipinski definition) is 0. The van der Waals surface area contributed by atoms with Gasteiger partial charge in [0.25, 0.3) is 0 Å². The first-order valence-corrected chi connectivity index (χ1v) is 5.03. The Morgan fingerprint density at radius 1 is 1.40 bits per heavy atom. The van der Waals surface area contributed by atoms with E-state index in [0.29, 0.717) is 24.0 Å². The molecule has 0 aromatic heterocycles. The van der Waals surface area contributed by atoms with Crippen LogP contribution >= 0.6 is 0 Å². The molecule has 0 aliphatic heterocycles. The quantitative estimate of drug-likeness (QED) is 0.302. The predicted molar refractivity (Wildman–Crippen MR) is 59.4 cm³/mol. The van der Waals surface area contributed by atoms with Gasteiger partial charge in [-0.25, -0.2) is 4.79 Å². The van der Waals surface area contributed by atoms with Crippen LogP contribution in [0.4, 0.5) is 0 Å². The highest BCUT2D eigenvalue weighted by Gasteiger charge is 2.08. The van der Waals surface area contributed by atoms with Gasteiger partial charge in [0.05, 0.1) is 12.2 Å². The highest BCUT2D eigenvalue weighted by Crippen LogP contribution is 2.08. The normalized spacial score (nSPS) is 12.9. The molecule has 0 aliphatic carbocycles. The van der Waals surface area contributed by atoms with Crippen LogP contribution in [0.1, 0.15) is 27.7 Å². The topological polar surface area (TPSA) is 43.4 Å². The lowest BCUT2D eigenvalue weighted by atomic mass is 10.1. The van der Waals surface area contributed by atoms with E-state index in [1.807, 2.05) is 13.8 Å². The number of allylic oxidation sites excluding steroid dienone is 2. The summed E-state index contributed by atoms with van der Waals surface area (Å²) in [6.45, 7) is 7.66. The summed E-state index contributed by atoms with van der Waals surface area (Å²) < 4.78 is 4.88. The zero-order valence-electron chi connectivity index (χ0n) is 9.74. The van der Waals surface area contributed by atoms with E-state index in [4.69, 9.17) is 4.74 Å². The van der Waals surface area contributed by atoms with E-state index in [-0.39, 0.29) is 11.9 Å². The lowest BCUT2D eigenvalue weighted by Gasteiger charge is -2.04. The third kappa shape index (κ3) is 5.83. The van der Waals surface area contributed by atoms with Gasteiger partial charge in [-0.05, 0) is 31.4 Å². The van der Waals surface area contributed by atoms with Crippen molar-refractivity contribution in [1.29, 1.82) is 0 Å². The molecule has 3 heteroatoms. The van der Waals surface area contributed by atoms with Crippen molar-refractivity contribution >= 4 is 12.3 Å². The van der Waals surface area contributed by atoms with Crippen LogP contribution in [0, 0.1) is 5.92 Å². The Hall–Kier alpha value is -1.38. The monoisotopic (exact) mass is 210 g/mol. The van der Waals surface area contributed by atoms with Crippen molar-refractivity contribution in [3.63, 3.8) is 0 Å². The highest BCUT2D eigenvalue weighted by molar-refractivity contribution is 5.93. The average Bonchev–Trinajstić information content (AvgIpc) is 2.16. The van der Waals surface area contributed by atoms with Gasteiger partial charge in [0.2, 0.25) is 0 Å². The molecule has 15 heavy (non-hydrogen) atoms. The first kappa shape index (κ1) is 13.6. The highest BCUT2D eigenvalue weighted by atomic mass is 16.5. The number of ether oxygens (including phenoxy) is 1. The SMILES string of the molecule is CCOC(=O)C(=C\C(C)C)/C=C(\C)C=O. The molecule has 0 N–H and O–H groups in total. The van der Waals surface area contributed by atoms with Gasteiger partial charge in [-0.1, -0.05) is 19.9 Å². The molecule has 0 saturated heterocycles. The van der Waals surface area contributed by atoms with Gasteiger partial charge in [0.1, 0.15) is 6.29 Å². The number of carbonyl (C=O) groups is 2. The molecule has 84 valence electrons. The number of esters is 1. The summed E-state index contributed by atoms with van der Waals surface area (Å²) >= 11 is 0. The molecule has 0 rings (SSSR count). The second-order valence-corrected chi connectivity index (χ2v) is 3.59. The van der Waals surface area contributed by atoms with Crippen LogP contribution in [0.15, 0.2) is 23.3 Å². The van der Waals surface area contributed by atoms with Crippen molar-refractivity contribution in [3.05, 3.63) is 23.3 Å². The minimum Gasteiger partial charge on any atom is -0.462 e. The van der Waals surface area contributed by atoms with Gasteiger partial charge >= 0.3 is 5.97 Å². The third-order valence-corrected chi connectivity index (χ3v) is 1.59. The van der Waals surface area contributed by atoms with Gasteiger partial charge in [-0.15, -0.1) is 0 Å². The molecule has 0 unspecified atom stereocenters. The second-order valence-electron chi connectivity index (χ2n) is 3.59. The van der Waals surface area contributed by atoms with Crippen molar-refractivity contribution in [2.45, 2.75) is 27.7 Å². The zero-order valence-corrected chi connectivity index (χ0v) is 9.74. The maximum atomic E-state index is 11.5. The summed E-state index contributed by atoms with van der Waals surface area (Å²) in [7, 11) is 0. The Morgan fingerprint density at radius 2 is 2.00 bits per heavy atom. The Balaban J connectivity index is 4.90. The third-order valence-electron chi connectivity index (χ3n) is 1.59. The molecule has 0 saturated carbocycles. The largest absolute Gasteiger partial charge is 0.462 e. The maximum Gasteiger partial charge on any atom is 0.337 e. The van der Waals surface area contributed by atoms with Gasteiger partial charge in [0, 0.05) is 0 Å². The number of carbonyl (C=O) groups excluding carboxylic acids is 2. The first-order valence-electron chi connectivity index (χ1n) is 5.03. The van der Waals surface area contributed by atoms with Gasteiger partial charge < -0.3 is 4.74 Å². The summed E-state index contributed by atoms with van der Waals surface area (Å²) in [5.74, 6) is -0.146. The smallest absolute Gasteiger partial charge is 0.337 e. The van der Waals surface area contributed by atoms with E-state index in [2.05, 4.69) is 0 Å². The fraction of sp³-hybridized carbons (Fsp3) is 0.500. The molecule has 0 radical (unpaired) electrons. The van der Waals surface area contributed by atoms with Crippen LogP contribution in [-0.2, 0) is 14.3 Å². The summed E-state index contributed by atoms with van der Waals surface area (Å²) in [6, 6.07) is 0. The Kier molecular flexibility index (Phi) is 6.34. The van der Waals surface area contributed by atoms with Crippen LogP contribution in [-0.4, -0.2) is 18.9 Å². The van der Waals surface area contributed by atoms with Gasteiger partial charge in [0.15, 0.2) is 0 Å². The van der Waals surface area contributed by atoms with Crippen LogP contribution in [0.25, 0.3) is 0 Å². The Bertz CT molecular complexity index is 285. The molecular weight excluding hydrogens is 192 g/mol. The second kappa shape index (κ2) is 6.98. The molecule has 0 spiro atoms. The molecule has 3 nitrogen and oxygen atoms in total. The first-order chi connectivity index (χ1) is 7.01. The van der Waals surface area contributed by atoms with Gasteiger partial charge in [-0.2, -0.15) is 0 Å². The van der Waals surface area contributed by atoms with Crippen LogP contribution in [0.3, 0.4) is 0 Å². The van der Waals surface area contributed by atoms with Crippen molar-refractivity contribution in [1.82, 2.24) is 0 Å². The summed E-state index contributed by atoms with van der Waals surface area (Å²) in [5, 5.41) is 0. The minimum atomic E-state index is -0.382. The molecule has 0 aromatic carbocycles. The van der Waals surface area contributed by atoms with Crippen molar-refractivity contribution in [2.24, 2.45) is 5.92 Å². The predicted octanol–water partition coefficient (Wildman–Crippen LogP) is 2.28. The molecule has 0 atom stereocenters. The summed E-state index contributed by atoms with van der Waals surface area (Å²) in [4.78, 5) is 21.9. The molecule has 0 heterocycles. The molecule has 0 fully saturated rings. The van der Waals surface area contributed by atoms with E-state index in [1.165, 1.54) is 0 Å². The lowest BCUT2D eigenvalue weighted by molar-refractivity contribution is -0.138. The molecule has 0 aliphatic rings. The average molecular weight is 210 g/mol. The zero-order chi connectivity index (χ0) is 11.8. The molecular formula is C12H18O3. The van der Waals surface area contributed by atoms with E-state index in [1.54, 1.807) is 26.0 Å². The van der Waals surface area contributed by atoms with Crippen molar-refractivity contribution in [2.75, 3.05) is 6.61 Å². The van der Waals surface area contributed by atoms with E-state index in [0.717, 1.165) is 0 Å². The fourth-order valence-corrected chi connectivity index (χ4v) is 1.03. The van der Waals surface area contributed by atoms with E-state index >= 15 is 0 Å². The van der Waals surface area contributed by atoms with Crippen LogP contribution in [0.2, 0.25) is 0 Å².